The predicted octanol–water partition coefficient (Wildman–Crippen LogP) is 4.11. The van der Waals surface area contributed by atoms with Crippen molar-refractivity contribution in [2.75, 3.05) is 0 Å². The molecule has 2 aromatic carbocycles. The van der Waals surface area contributed by atoms with Gasteiger partial charge in [-0.1, -0.05) is 60.7 Å². The van der Waals surface area contributed by atoms with Crippen LogP contribution < -0.4 is 0 Å². The van der Waals surface area contributed by atoms with Gasteiger partial charge in [0, 0.05) is 5.71 Å². The molecule has 1 aliphatic heterocycles. The molecule has 1 heterocycles. The van der Waals surface area contributed by atoms with Gasteiger partial charge in [-0.05, 0) is 31.4 Å². The van der Waals surface area contributed by atoms with E-state index in [0.29, 0.717) is 0 Å². The summed E-state index contributed by atoms with van der Waals surface area (Å²) in [5, 5.41) is 8.79. The number of hydrogen-bond donors (Lipinski definition) is 0. The Bertz CT molecular complexity index is 656. The second kappa shape index (κ2) is 5.04. The molecule has 1 atom stereocenters. The predicted molar refractivity (Wildman–Crippen MR) is 84.3 cm³/mol. The van der Waals surface area contributed by atoms with Crippen molar-refractivity contribution in [3.8, 4) is 0 Å². The summed E-state index contributed by atoms with van der Waals surface area (Å²) in [5.41, 5.74) is 4.50. The van der Waals surface area contributed by atoms with Gasteiger partial charge in [0.05, 0.1) is 11.1 Å². The monoisotopic (exact) mass is 262 g/mol. The van der Waals surface area contributed by atoms with Crippen LogP contribution in [0.3, 0.4) is 0 Å². The SMILES string of the molecule is CC1=NN=C(c2ccccc2)C1(C)Cc1ccccc1. The summed E-state index contributed by atoms with van der Waals surface area (Å²) in [4.78, 5) is 0. The van der Waals surface area contributed by atoms with Crippen LogP contribution in [0.25, 0.3) is 0 Å². The van der Waals surface area contributed by atoms with Crippen LogP contribution >= 0.6 is 0 Å². The van der Waals surface area contributed by atoms with Crippen LogP contribution in [0, 0.1) is 5.41 Å². The van der Waals surface area contributed by atoms with Gasteiger partial charge >= 0.3 is 0 Å². The molecule has 100 valence electrons. The Morgan fingerprint density at radius 1 is 0.850 bits per heavy atom. The normalized spacial score (nSPS) is 21.5. The lowest BCUT2D eigenvalue weighted by atomic mass is 9.74. The molecular weight excluding hydrogens is 244 g/mol. The number of hydrogen-bond acceptors (Lipinski definition) is 2. The van der Waals surface area contributed by atoms with E-state index in [1.54, 1.807) is 0 Å². The summed E-state index contributed by atoms with van der Waals surface area (Å²) in [6.45, 7) is 4.31. The topological polar surface area (TPSA) is 24.7 Å². The first-order chi connectivity index (χ1) is 9.70. The van der Waals surface area contributed by atoms with Crippen LogP contribution in [-0.2, 0) is 6.42 Å². The van der Waals surface area contributed by atoms with Gasteiger partial charge in [-0.15, -0.1) is 0 Å². The van der Waals surface area contributed by atoms with Crippen LogP contribution in [0.15, 0.2) is 70.9 Å². The van der Waals surface area contributed by atoms with Gasteiger partial charge in [0.25, 0.3) is 0 Å². The van der Waals surface area contributed by atoms with Gasteiger partial charge < -0.3 is 0 Å². The van der Waals surface area contributed by atoms with Gasteiger partial charge in [0.1, 0.15) is 0 Å². The smallest absolute Gasteiger partial charge is 0.0821 e. The number of benzene rings is 2. The van der Waals surface area contributed by atoms with Gasteiger partial charge in [-0.25, -0.2) is 0 Å². The average molecular weight is 262 g/mol. The van der Waals surface area contributed by atoms with E-state index in [9.17, 15) is 0 Å². The summed E-state index contributed by atoms with van der Waals surface area (Å²) >= 11 is 0. The van der Waals surface area contributed by atoms with Crippen LogP contribution in [0.2, 0.25) is 0 Å². The molecule has 0 aliphatic carbocycles. The summed E-state index contributed by atoms with van der Waals surface area (Å²) in [6.07, 6.45) is 0.927. The van der Waals surface area contributed by atoms with Crippen molar-refractivity contribution in [3.05, 3.63) is 71.8 Å². The van der Waals surface area contributed by atoms with E-state index in [0.717, 1.165) is 23.4 Å². The maximum absolute atomic E-state index is 4.44. The van der Waals surface area contributed by atoms with Crippen molar-refractivity contribution in [1.29, 1.82) is 0 Å². The van der Waals surface area contributed by atoms with Crippen molar-refractivity contribution in [2.24, 2.45) is 15.6 Å². The largest absolute Gasteiger partial charge is 0.159 e. The van der Waals surface area contributed by atoms with Crippen molar-refractivity contribution >= 4 is 11.4 Å². The molecule has 3 rings (SSSR count). The molecule has 0 spiro atoms. The zero-order valence-electron chi connectivity index (χ0n) is 11.9. The van der Waals surface area contributed by atoms with Crippen LogP contribution in [0.1, 0.15) is 25.0 Å². The van der Waals surface area contributed by atoms with Crippen LogP contribution in [0.5, 0.6) is 0 Å². The minimum atomic E-state index is -0.122. The van der Waals surface area contributed by atoms with E-state index in [2.05, 4.69) is 72.6 Å². The van der Waals surface area contributed by atoms with E-state index in [1.807, 2.05) is 12.1 Å². The second-order valence-corrected chi connectivity index (χ2v) is 5.49. The molecule has 2 aromatic rings. The molecule has 2 nitrogen and oxygen atoms in total. The third-order valence-electron chi connectivity index (χ3n) is 4.07. The van der Waals surface area contributed by atoms with Gasteiger partial charge in [0.2, 0.25) is 0 Å². The third kappa shape index (κ3) is 2.18. The summed E-state index contributed by atoms with van der Waals surface area (Å²) < 4.78 is 0. The zero-order valence-corrected chi connectivity index (χ0v) is 11.9. The fraction of sp³-hybridized carbons (Fsp3) is 0.222. The molecule has 20 heavy (non-hydrogen) atoms. The molecule has 0 amide bonds. The molecule has 0 saturated carbocycles. The minimum Gasteiger partial charge on any atom is -0.159 e. The second-order valence-electron chi connectivity index (χ2n) is 5.49. The highest BCUT2D eigenvalue weighted by Gasteiger charge is 2.38. The Hall–Kier alpha value is -2.22. The fourth-order valence-electron chi connectivity index (χ4n) is 2.71. The van der Waals surface area contributed by atoms with Crippen molar-refractivity contribution in [1.82, 2.24) is 0 Å². The lowest BCUT2D eigenvalue weighted by Gasteiger charge is -2.27. The first kappa shape index (κ1) is 12.8. The third-order valence-corrected chi connectivity index (χ3v) is 4.07. The maximum Gasteiger partial charge on any atom is 0.0821 e. The molecule has 0 bridgehead atoms. The van der Waals surface area contributed by atoms with E-state index in [4.69, 9.17) is 0 Å². The molecule has 0 N–H and O–H groups in total. The Morgan fingerprint density at radius 3 is 2.10 bits per heavy atom. The lowest BCUT2D eigenvalue weighted by molar-refractivity contribution is 0.646. The van der Waals surface area contributed by atoms with E-state index >= 15 is 0 Å². The van der Waals surface area contributed by atoms with Crippen LogP contribution in [-0.4, -0.2) is 11.4 Å². The van der Waals surface area contributed by atoms with Crippen molar-refractivity contribution < 1.29 is 0 Å². The molecule has 2 heteroatoms. The quantitative estimate of drug-likeness (QED) is 0.795. The Balaban J connectivity index is 1.97. The van der Waals surface area contributed by atoms with Gasteiger partial charge in [0.15, 0.2) is 0 Å². The average Bonchev–Trinajstić information content (AvgIpc) is 2.77. The van der Waals surface area contributed by atoms with Gasteiger partial charge in [-0.2, -0.15) is 10.2 Å². The van der Waals surface area contributed by atoms with Gasteiger partial charge in [-0.3, -0.25) is 0 Å². The Labute approximate surface area is 119 Å². The highest BCUT2D eigenvalue weighted by molar-refractivity contribution is 6.20. The first-order valence-electron chi connectivity index (χ1n) is 6.93. The number of nitrogens with zero attached hydrogens (tertiary/aromatic N) is 2. The molecule has 1 aliphatic rings. The van der Waals surface area contributed by atoms with Crippen LogP contribution in [0.4, 0.5) is 0 Å². The van der Waals surface area contributed by atoms with Crippen molar-refractivity contribution in [2.45, 2.75) is 20.3 Å². The minimum absolute atomic E-state index is 0.122. The molecule has 0 aromatic heterocycles. The van der Waals surface area contributed by atoms with E-state index < -0.39 is 0 Å². The maximum atomic E-state index is 4.44. The Morgan fingerprint density at radius 2 is 1.45 bits per heavy atom. The fourth-order valence-corrected chi connectivity index (χ4v) is 2.71. The zero-order chi connectivity index (χ0) is 14.0. The highest BCUT2D eigenvalue weighted by Crippen LogP contribution is 2.33. The molecule has 1 unspecified atom stereocenters. The molecule has 0 radical (unpaired) electrons. The molecule has 0 saturated heterocycles. The summed E-state index contributed by atoms with van der Waals surface area (Å²) in [5.74, 6) is 0. The standard InChI is InChI=1S/C18H18N2/c1-14-18(2,13-15-9-5-3-6-10-15)17(20-19-14)16-11-7-4-8-12-16/h3-12H,13H2,1-2H3. The van der Waals surface area contributed by atoms with E-state index in [-0.39, 0.29) is 5.41 Å². The first-order valence-corrected chi connectivity index (χ1v) is 6.93. The van der Waals surface area contributed by atoms with E-state index in [1.165, 1.54) is 5.56 Å². The molecule has 0 fully saturated rings. The number of rotatable bonds is 3. The highest BCUT2D eigenvalue weighted by atomic mass is 15.2. The summed E-state index contributed by atoms with van der Waals surface area (Å²) in [6, 6.07) is 20.9. The Kier molecular flexibility index (Phi) is 3.23. The van der Waals surface area contributed by atoms with Crippen molar-refractivity contribution in [3.63, 3.8) is 0 Å². The molecular formula is C18H18N2. The lowest BCUT2D eigenvalue weighted by Crippen LogP contribution is -2.34. The summed E-state index contributed by atoms with van der Waals surface area (Å²) in [7, 11) is 0.